The van der Waals surface area contributed by atoms with Gasteiger partial charge in [0.15, 0.2) is 0 Å². The highest BCUT2D eigenvalue weighted by Crippen LogP contribution is 2.28. The largest absolute Gasteiger partial charge is 0.365 e. The number of H-pyrrole nitrogens is 1. The Bertz CT molecular complexity index is 991. The van der Waals surface area contributed by atoms with Crippen LogP contribution in [0.3, 0.4) is 0 Å². The van der Waals surface area contributed by atoms with E-state index in [0.29, 0.717) is 12.5 Å². The highest BCUT2D eigenvalue weighted by molar-refractivity contribution is 5.91. The molecule has 0 radical (unpaired) electrons. The van der Waals surface area contributed by atoms with E-state index in [1.54, 1.807) is 13.1 Å². The van der Waals surface area contributed by atoms with Crippen LogP contribution < -0.4 is 10.6 Å². The first kappa shape index (κ1) is 18.3. The zero-order valence-corrected chi connectivity index (χ0v) is 16.5. The normalized spacial score (nSPS) is 17.1. The molecule has 0 aliphatic carbocycles. The molecule has 1 aliphatic rings. The number of carbonyl (C=O) groups excluding carboxylic acids is 1. The molecule has 1 saturated heterocycles. The summed E-state index contributed by atoms with van der Waals surface area (Å²) in [5.41, 5.74) is 2.71. The molecule has 1 amide bonds. The third-order valence-electron chi connectivity index (χ3n) is 5.15. The second kappa shape index (κ2) is 7.49. The number of fused-ring (bicyclic) bond motifs is 1. The van der Waals surface area contributed by atoms with Gasteiger partial charge in [-0.2, -0.15) is 15.1 Å². The predicted molar refractivity (Wildman–Crippen MR) is 109 cm³/mol. The summed E-state index contributed by atoms with van der Waals surface area (Å²) in [6.07, 6.45) is 7.61. The van der Waals surface area contributed by atoms with Crippen LogP contribution in [-0.2, 0) is 11.3 Å². The number of rotatable bonds is 5. The number of aromatic amines is 1. The molecule has 1 fully saturated rings. The SMILES string of the molecule is CCn1cc(Nc2nc(N[C@@H]3CCCN(C(C)=O)C3)c3c(C)c[nH]c3n2)cn1. The molecule has 4 heterocycles. The van der Waals surface area contributed by atoms with Crippen LogP contribution in [0, 0.1) is 6.92 Å². The number of anilines is 3. The van der Waals surface area contributed by atoms with Gasteiger partial charge in [0.05, 0.1) is 17.3 Å². The summed E-state index contributed by atoms with van der Waals surface area (Å²) in [5.74, 6) is 1.41. The Morgan fingerprint density at radius 3 is 3.00 bits per heavy atom. The van der Waals surface area contributed by atoms with Crippen molar-refractivity contribution in [1.29, 1.82) is 0 Å². The number of nitrogens with zero attached hydrogens (tertiary/aromatic N) is 5. The maximum absolute atomic E-state index is 11.8. The maximum Gasteiger partial charge on any atom is 0.231 e. The number of hydrogen-bond donors (Lipinski definition) is 3. The first-order valence-corrected chi connectivity index (χ1v) is 9.70. The van der Waals surface area contributed by atoms with Crippen LogP contribution in [0.4, 0.5) is 17.5 Å². The summed E-state index contributed by atoms with van der Waals surface area (Å²) in [7, 11) is 0. The van der Waals surface area contributed by atoms with E-state index >= 15 is 0 Å². The van der Waals surface area contributed by atoms with Crippen LogP contribution in [0.25, 0.3) is 11.0 Å². The van der Waals surface area contributed by atoms with Crippen LogP contribution in [0.15, 0.2) is 18.6 Å². The monoisotopic (exact) mass is 382 g/mol. The highest BCUT2D eigenvalue weighted by atomic mass is 16.2. The van der Waals surface area contributed by atoms with Crippen molar-refractivity contribution in [2.24, 2.45) is 0 Å². The molecule has 4 rings (SSSR count). The summed E-state index contributed by atoms with van der Waals surface area (Å²) in [6, 6.07) is 0.167. The zero-order chi connectivity index (χ0) is 19.7. The number of piperidine rings is 1. The van der Waals surface area contributed by atoms with Gasteiger partial charge in [-0.3, -0.25) is 9.48 Å². The second-order valence-corrected chi connectivity index (χ2v) is 7.25. The summed E-state index contributed by atoms with van der Waals surface area (Å²) < 4.78 is 1.84. The minimum atomic E-state index is 0.118. The molecule has 3 aromatic rings. The van der Waals surface area contributed by atoms with Crippen molar-refractivity contribution < 1.29 is 4.79 Å². The number of aryl methyl sites for hydroxylation is 2. The lowest BCUT2D eigenvalue weighted by molar-refractivity contribution is -0.129. The summed E-state index contributed by atoms with van der Waals surface area (Å²) in [6.45, 7) is 8.02. The fourth-order valence-corrected chi connectivity index (χ4v) is 3.65. The fraction of sp³-hybridized carbons (Fsp3) is 0.474. The Hall–Kier alpha value is -3.10. The molecule has 148 valence electrons. The maximum atomic E-state index is 11.8. The van der Waals surface area contributed by atoms with E-state index in [1.165, 1.54) is 0 Å². The molecule has 0 saturated carbocycles. The van der Waals surface area contributed by atoms with Gasteiger partial charge in [0, 0.05) is 45.0 Å². The van der Waals surface area contributed by atoms with Crippen molar-refractivity contribution >= 4 is 34.4 Å². The van der Waals surface area contributed by atoms with Crippen LogP contribution >= 0.6 is 0 Å². The number of carbonyl (C=O) groups is 1. The third-order valence-corrected chi connectivity index (χ3v) is 5.15. The lowest BCUT2D eigenvalue weighted by Gasteiger charge is -2.33. The average molecular weight is 382 g/mol. The molecule has 1 aliphatic heterocycles. The van der Waals surface area contributed by atoms with Crippen molar-refractivity contribution in [2.75, 3.05) is 23.7 Å². The summed E-state index contributed by atoms with van der Waals surface area (Å²) in [4.78, 5) is 26.2. The van der Waals surface area contributed by atoms with Gasteiger partial charge in [-0.15, -0.1) is 0 Å². The lowest BCUT2D eigenvalue weighted by atomic mass is 10.1. The van der Waals surface area contributed by atoms with Gasteiger partial charge in [0.1, 0.15) is 11.5 Å². The molecule has 28 heavy (non-hydrogen) atoms. The molecule has 1 atom stereocenters. The summed E-state index contributed by atoms with van der Waals surface area (Å²) >= 11 is 0. The van der Waals surface area contributed by atoms with E-state index < -0.39 is 0 Å². The first-order valence-electron chi connectivity index (χ1n) is 9.70. The molecule has 0 bridgehead atoms. The Balaban J connectivity index is 1.62. The Kier molecular flexibility index (Phi) is 4.89. The van der Waals surface area contributed by atoms with E-state index in [1.807, 2.05) is 35.8 Å². The molecular formula is C19H26N8O. The van der Waals surface area contributed by atoms with Crippen LogP contribution in [0.5, 0.6) is 0 Å². The van der Waals surface area contributed by atoms with Crippen LogP contribution in [-0.4, -0.2) is 54.7 Å². The van der Waals surface area contributed by atoms with Crippen LogP contribution in [0.1, 0.15) is 32.3 Å². The topological polar surface area (TPSA) is 104 Å². The molecule has 3 aromatic heterocycles. The van der Waals surface area contributed by atoms with E-state index in [9.17, 15) is 4.79 Å². The molecule has 3 N–H and O–H groups in total. The molecule has 9 heteroatoms. The van der Waals surface area contributed by atoms with Crippen molar-refractivity contribution in [2.45, 2.75) is 46.2 Å². The number of amides is 1. The quantitative estimate of drug-likeness (QED) is 0.627. The van der Waals surface area contributed by atoms with E-state index in [0.717, 1.165) is 54.0 Å². The molecule has 0 spiro atoms. The molecular weight excluding hydrogens is 356 g/mol. The van der Waals surface area contributed by atoms with Gasteiger partial charge in [-0.05, 0) is 32.3 Å². The van der Waals surface area contributed by atoms with Gasteiger partial charge in [-0.25, -0.2) is 0 Å². The van der Waals surface area contributed by atoms with Crippen molar-refractivity contribution in [1.82, 2.24) is 29.6 Å². The van der Waals surface area contributed by atoms with Crippen molar-refractivity contribution in [3.63, 3.8) is 0 Å². The molecule has 0 aromatic carbocycles. The first-order chi connectivity index (χ1) is 13.5. The molecule has 0 unspecified atom stereocenters. The van der Waals surface area contributed by atoms with Gasteiger partial charge in [0.25, 0.3) is 0 Å². The van der Waals surface area contributed by atoms with Crippen LogP contribution in [0.2, 0.25) is 0 Å². The third kappa shape index (κ3) is 3.64. The van der Waals surface area contributed by atoms with Gasteiger partial charge in [-0.1, -0.05) is 0 Å². The number of hydrogen-bond acceptors (Lipinski definition) is 6. The fourth-order valence-electron chi connectivity index (χ4n) is 3.65. The van der Waals surface area contributed by atoms with Gasteiger partial charge < -0.3 is 20.5 Å². The number of likely N-dealkylation sites (tertiary alicyclic amines) is 1. The Labute approximate surface area is 163 Å². The Morgan fingerprint density at radius 2 is 2.25 bits per heavy atom. The van der Waals surface area contributed by atoms with Crippen molar-refractivity contribution in [3.05, 3.63) is 24.2 Å². The van der Waals surface area contributed by atoms with E-state index in [4.69, 9.17) is 4.98 Å². The highest BCUT2D eigenvalue weighted by Gasteiger charge is 2.23. The molecule has 9 nitrogen and oxygen atoms in total. The van der Waals surface area contributed by atoms with Gasteiger partial charge in [0.2, 0.25) is 11.9 Å². The Morgan fingerprint density at radius 1 is 1.39 bits per heavy atom. The van der Waals surface area contributed by atoms with Crippen molar-refractivity contribution in [3.8, 4) is 0 Å². The average Bonchev–Trinajstić information content (AvgIpc) is 3.28. The lowest BCUT2D eigenvalue weighted by Crippen LogP contribution is -2.44. The zero-order valence-electron chi connectivity index (χ0n) is 16.5. The second-order valence-electron chi connectivity index (χ2n) is 7.25. The predicted octanol–water partition coefficient (Wildman–Crippen LogP) is 2.65. The number of aromatic nitrogens is 5. The van der Waals surface area contributed by atoms with E-state index in [2.05, 4.69) is 25.7 Å². The standard InChI is InChI=1S/C19H26N8O/c1-4-27-11-15(9-21-27)23-19-24-17-16(12(2)8-20-17)18(25-19)22-14-6-5-7-26(10-14)13(3)28/h8-9,11,14H,4-7,10H2,1-3H3,(H3,20,22,23,24,25)/t14-/m1/s1. The summed E-state index contributed by atoms with van der Waals surface area (Å²) in [5, 5.41) is 12.0. The van der Waals surface area contributed by atoms with E-state index in [-0.39, 0.29) is 11.9 Å². The van der Waals surface area contributed by atoms with Gasteiger partial charge >= 0.3 is 0 Å². The minimum Gasteiger partial charge on any atom is -0.365 e. The minimum absolute atomic E-state index is 0.118. The number of nitrogens with one attached hydrogen (secondary N) is 3. The smallest absolute Gasteiger partial charge is 0.231 e.